The van der Waals surface area contributed by atoms with Gasteiger partial charge in [-0.15, -0.1) is 6.58 Å². The lowest BCUT2D eigenvalue weighted by Gasteiger charge is -2.09. The highest BCUT2D eigenvalue weighted by Gasteiger charge is 2.08. The Hall–Kier alpha value is -2.10. The average Bonchev–Trinajstić information content (AvgIpc) is 2.28. The van der Waals surface area contributed by atoms with Crippen molar-refractivity contribution in [3.8, 4) is 0 Å². The summed E-state index contributed by atoms with van der Waals surface area (Å²) < 4.78 is 1.57. The van der Waals surface area contributed by atoms with E-state index in [9.17, 15) is 9.59 Å². The van der Waals surface area contributed by atoms with Crippen LogP contribution in [0, 0.1) is 6.92 Å². The van der Waals surface area contributed by atoms with Crippen LogP contribution in [0.3, 0.4) is 0 Å². The van der Waals surface area contributed by atoms with E-state index in [0.29, 0.717) is 23.9 Å². The predicted molar refractivity (Wildman–Crippen MR) is 68.4 cm³/mol. The van der Waals surface area contributed by atoms with Crippen LogP contribution in [-0.4, -0.2) is 9.55 Å². The Morgan fingerprint density at radius 3 is 2.88 bits per heavy atom. The molecule has 0 atom stereocenters. The number of nitrogens with one attached hydrogen (secondary N) is 1. The van der Waals surface area contributed by atoms with E-state index in [2.05, 4.69) is 11.6 Å². The molecule has 0 unspecified atom stereocenters. The third kappa shape index (κ3) is 1.93. The maximum absolute atomic E-state index is 11.8. The van der Waals surface area contributed by atoms with E-state index >= 15 is 0 Å². The quantitative estimate of drug-likeness (QED) is 0.814. The first-order valence-electron chi connectivity index (χ1n) is 5.48. The standard InChI is InChI=1S/C13H14N2O2/c1-3-4-8-15-10-7-5-6-9(2)11(10)12(16)14-13(15)17/h3,5-7H,1,4,8H2,2H3,(H,14,16,17). The Kier molecular flexibility index (Phi) is 2.95. The van der Waals surface area contributed by atoms with Gasteiger partial charge in [0.05, 0.1) is 10.9 Å². The Morgan fingerprint density at radius 2 is 2.18 bits per heavy atom. The fourth-order valence-corrected chi connectivity index (χ4v) is 1.95. The molecule has 88 valence electrons. The molecule has 1 N–H and O–H groups in total. The fourth-order valence-electron chi connectivity index (χ4n) is 1.95. The molecule has 1 aromatic carbocycles. The molecule has 0 bridgehead atoms. The van der Waals surface area contributed by atoms with Crippen molar-refractivity contribution >= 4 is 10.9 Å². The monoisotopic (exact) mass is 230 g/mol. The minimum atomic E-state index is -0.366. The second-order valence-electron chi connectivity index (χ2n) is 3.96. The Labute approximate surface area is 98.2 Å². The van der Waals surface area contributed by atoms with E-state index < -0.39 is 0 Å². The first-order valence-corrected chi connectivity index (χ1v) is 5.48. The van der Waals surface area contributed by atoms with Gasteiger partial charge in [0, 0.05) is 6.54 Å². The summed E-state index contributed by atoms with van der Waals surface area (Å²) in [5.74, 6) is 0. The largest absolute Gasteiger partial charge is 0.328 e. The number of aromatic nitrogens is 2. The maximum atomic E-state index is 11.8. The molecule has 0 fully saturated rings. The van der Waals surface area contributed by atoms with Crippen molar-refractivity contribution < 1.29 is 0 Å². The summed E-state index contributed by atoms with van der Waals surface area (Å²) in [5.41, 5.74) is 0.865. The number of benzene rings is 1. The molecule has 0 amide bonds. The van der Waals surface area contributed by atoms with E-state index in [1.807, 2.05) is 19.1 Å². The molecule has 0 spiro atoms. The van der Waals surface area contributed by atoms with Crippen LogP contribution in [0.1, 0.15) is 12.0 Å². The van der Waals surface area contributed by atoms with Gasteiger partial charge >= 0.3 is 5.69 Å². The zero-order valence-corrected chi connectivity index (χ0v) is 9.69. The molecule has 0 saturated carbocycles. The highest BCUT2D eigenvalue weighted by atomic mass is 16.2. The van der Waals surface area contributed by atoms with E-state index in [1.54, 1.807) is 16.7 Å². The van der Waals surface area contributed by atoms with Crippen molar-refractivity contribution in [3.63, 3.8) is 0 Å². The number of hydrogen-bond donors (Lipinski definition) is 1. The van der Waals surface area contributed by atoms with E-state index in [4.69, 9.17) is 0 Å². The second kappa shape index (κ2) is 4.41. The molecule has 0 aliphatic carbocycles. The number of H-pyrrole nitrogens is 1. The first kappa shape index (κ1) is 11.4. The van der Waals surface area contributed by atoms with Crippen LogP contribution < -0.4 is 11.2 Å². The van der Waals surface area contributed by atoms with Crippen molar-refractivity contribution in [2.24, 2.45) is 0 Å². The lowest BCUT2D eigenvalue weighted by molar-refractivity contribution is 0.684. The molecule has 1 heterocycles. The Balaban J connectivity index is 2.83. The minimum Gasteiger partial charge on any atom is -0.293 e. The number of aromatic amines is 1. The van der Waals surface area contributed by atoms with Gasteiger partial charge in [-0.1, -0.05) is 18.2 Å². The van der Waals surface area contributed by atoms with Gasteiger partial charge in [-0.25, -0.2) is 4.79 Å². The van der Waals surface area contributed by atoms with E-state index in [-0.39, 0.29) is 11.2 Å². The molecule has 0 aliphatic heterocycles. The van der Waals surface area contributed by atoms with Crippen molar-refractivity contribution in [1.82, 2.24) is 9.55 Å². The van der Waals surface area contributed by atoms with Gasteiger partial charge in [0.2, 0.25) is 0 Å². The molecule has 0 aliphatic rings. The molecular formula is C13H14N2O2. The van der Waals surface area contributed by atoms with Crippen LogP contribution in [0.2, 0.25) is 0 Å². The molecule has 4 nitrogen and oxygen atoms in total. The summed E-state index contributed by atoms with van der Waals surface area (Å²) in [6.07, 6.45) is 2.44. The van der Waals surface area contributed by atoms with Crippen molar-refractivity contribution in [3.05, 3.63) is 57.3 Å². The normalized spacial score (nSPS) is 10.6. The summed E-state index contributed by atoms with van der Waals surface area (Å²) in [5, 5.41) is 0.580. The Morgan fingerprint density at radius 1 is 1.41 bits per heavy atom. The second-order valence-corrected chi connectivity index (χ2v) is 3.96. The Bertz CT molecular complexity index is 680. The molecule has 2 rings (SSSR count). The van der Waals surface area contributed by atoms with Gasteiger partial charge in [0.15, 0.2) is 0 Å². The summed E-state index contributed by atoms with van der Waals surface area (Å²) in [6, 6.07) is 5.50. The predicted octanol–water partition coefficient (Wildman–Crippen LogP) is 1.57. The zero-order valence-electron chi connectivity index (χ0n) is 9.69. The first-order chi connectivity index (χ1) is 8.15. The van der Waals surface area contributed by atoms with Gasteiger partial charge in [-0.3, -0.25) is 14.3 Å². The van der Waals surface area contributed by atoms with Crippen molar-refractivity contribution in [2.75, 3.05) is 0 Å². The number of allylic oxidation sites excluding steroid dienone is 1. The molecule has 17 heavy (non-hydrogen) atoms. The highest BCUT2D eigenvalue weighted by molar-refractivity contribution is 5.81. The summed E-state index contributed by atoms with van der Waals surface area (Å²) >= 11 is 0. The lowest BCUT2D eigenvalue weighted by Crippen LogP contribution is -2.30. The lowest BCUT2D eigenvalue weighted by atomic mass is 10.1. The highest BCUT2D eigenvalue weighted by Crippen LogP contribution is 2.12. The number of nitrogens with zero attached hydrogens (tertiary/aromatic N) is 1. The maximum Gasteiger partial charge on any atom is 0.328 e. The van der Waals surface area contributed by atoms with Crippen LogP contribution in [0.4, 0.5) is 0 Å². The van der Waals surface area contributed by atoms with E-state index in [1.165, 1.54) is 0 Å². The molecular weight excluding hydrogens is 216 g/mol. The molecule has 1 aromatic heterocycles. The van der Waals surface area contributed by atoms with Gasteiger partial charge in [0.25, 0.3) is 5.56 Å². The van der Waals surface area contributed by atoms with Crippen LogP contribution in [0.5, 0.6) is 0 Å². The summed E-state index contributed by atoms with van der Waals surface area (Å²) in [6.45, 7) is 6.02. The average molecular weight is 230 g/mol. The van der Waals surface area contributed by atoms with Crippen molar-refractivity contribution in [1.29, 1.82) is 0 Å². The third-order valence-electron chi connectivity index (χ3n) is 2.79. The summed E-state index contributed by atoms with van der Waals surface area (Å²) in [7, 11) is 0. The molecule has 0 saturated heterocycles. The topological polar surface area (TPSA) is 54.9 Å². The van der Waals surface area contributed by atoms with Crippen LogP contribution in [-0.2, 0) is 6.54 Å². The summed E-state index contributed by atoms with van der Waals surface area (Å²) in [4.78, 5) is 25.9. The molecule has 4 heteroatoms. The third-order valence-corrected chi connectivity index (χ3v) is 2.79. The molecule has 2 aromatic rings. The van der Waals surface area contributed by atoms with Gasteiger partial charge < -0.3 is 0 Å². The zero-order chi connectivity index (χ0) is 12.4. The van der Waals surface area contributed by atoms with Crippen molar-refractivity contribution in [2.45, 2.75) is 19.9 Å². The minimum absolute atomic E-state index is 0.321. The number of hydrogen-bond acceptors (Lipinski definition) is 2. The fraction of sp³-hybridized carbons (Fsp3) is 0.231. The van der Waals surface area contributed by atoms with Gasteiger partial charge in [-0.05, 0) is 25.0 Å². The van der Waals surface area contributed by atoms with Crippen LogP contribution in [0.15, 0.2) is 40.4 Å². The SMILES string of the molecule is C=CCCn1c(=O)[nH]c(=O)c2c(C)cccc21. The number of aryl methyl sites for hydroxylation is 2. The van der Waals surface area contributed by atoms with E-state index in [0.717, 1.165) is 5.56 Å². The molecule has 0 radical (unpaired) electrons. The van der Waals surface area contributed by atoms with Gasteiger partial charge in [-0.2, -0.15) is 0 Å². The number of fused-ring (bicyclic) bond motifs is 1. The smallest absolute Gasteiger partial charge is 0.293 e. The van der Waals surface area contributed by atoms with Crippen LogP contribution in [0.25, 0.3) is 10.9 Å². The number of rotatable bonds is 3. The van der Waals surface area contributed by atoms with Crippen LogP contribution >= 0.6 is 0 Å². The van der Waals surface area contributed by atoms with Gasteiger partial charge in [0.1, 0.15) is 0 Å².